The standard InChI is InChI=1S/C26H26F2N6O3/c1-34-14-17(12-30-34)24(15-3-4-23(36-2)21(28)9-15)33-25(35)16-10-20(27)19-13-29-26(32-22(19)11-16)31-18-5-7-37-8-6-18/h3-4,9-14,18,24H,5-8H2,1-2H3,(H,33,35)(H,29,31,32)/t24-/m0/s1. The van der Waals surface area contributed by atoms with Crippen molar-refractivity contribution >= 4 is 22.8 Å². The van der Waals surface area contributed by atoms with Gasteiger partial charge in [-0.15, -0.1) is 0 Å². The molecule has 0 aliphatic carbocycles. The molecular weight excluding hydrogens is 482 g/mol. The normalized spacial score (nSPS) is 14.9. The molecule has 9 nitrogen and oxygen atoms in total. The predicted octanol–water partition coefficient (Wildman–Crippen LogP) is 3.76. The lowest BCUT2D eigenvalue weighted by Gasteiger charge is -2.23. The van der Waals surface area contributed by atoms with Crippen molar-refractivity contribution in [2.24, 2.45) is 7.05 Å². The third-order valence-electron chi connectivity index (χ3n) is 6.31. The van der Waals surface area contributed by atoms with Crippen molar-refractivity contribution < 1.29 is 23.0 Å². The second-order valence-electron chi connectivity index (χ2n) is 8.86. The fourth-order valence-corrected chi connectivity index (χ4v) is 4.34. The van der Waals surface area contributed by atoms with Gasteiger partial charge in [0.2, 0.25) is 5.95 Å². The van der Waals surface area contributed by atoms with E-state index in [9.17, 15) is 13.6 Å². The minimum absolute atomic E-state index is 0.0728. The minimum atomic E-state index is -0.739. The molecule has 37 heavy (non-hydrogen) atoms. The number of ether oxygens (including phenoxy) is 2. The Kier molecular flexibility index (Phi) is 6.95. The Labute approximate surface area is 211 Å². The van der Waals surface area contributed by atoms with Crippen LogP contribution in [0.1, 0.15) is 40.4 Å². The lowest BCUT2D eigenvalue weighted by Crippen LogP contribution is -2.29. The van der Waals surface area contributed by atoms with E-state index in [1.807, 2.05) is 0 Å². The predicted molar refractivity (Wildman–Crippen MR) is 132 cm³/mol. The second-order valence-corrected chi connectivity index (χ2v) is 8.86. The smallest absolute Gasteiger partial charge is 0.252 e. The van der Waals surface area contributed by atoms with Crippen LogP contribution in [-0.4, -0.2) is 52.0 Å². The van der Waals surface area contributed by atoms with Gasteiger partial charge in [0.25, 0.3) is 5.91 Å². The molecule has 0 unspecified atom stereocenters. The Morgan fingerprint density at radius 3 is 2.65 bits per heavy atom. The Balaban J connectivity index is 1.44. The molecule has 2 aromatic heterocycles. The zero-order valence-electron chi connectivity index (χ0n) is 20.4. The summed E-state index contributed by atoms with van der Waals surface area (Å²) in [5.74, 6) is -1.29. The van der Waals surface area contributed by atoms with Gasteiger partial charge in [0, 0.05) is 49.8 Å². The first-order chi connectivity index (χ1) is 17.9. The molecule has 5 rings (SSSR count). The van der Waals surface area contributed by atoms with Crippen molar-refractivity contribution in [3.8, 4) is 5.75 Å². The first-order valence-electron chi connectivity index (χ1n) is 11.8. The summed E-state index contributed by atoms with van der Waals surface area (Å²) in [7, 11) is 3.11. The van der Waals surface area contributed by atoms with Gasteiger partial charge in [-0.05, 0) is 42.7 Å². The highest BCUT2D eigenvalue weighted by atomic mass is 19.1. The topological polar surface area (TPSA) is 103 Å². The molecule has 1 aliphatic rings. The highest BCUT2D eigenvalue weighted by Crippen LogP contribution is 2.27. The summed E-state index contributed by atoms with van der Waals surface area (Å²) in [5.41, 5.74) is 1.48. The monoisotopic (exact) mass is 508 g/mol. The Morgan fingerprint density at radius 1 is 1.14 bits per heavy atom. The van der Waals surface area contributed by atoms with Crippen LogP contribution in [0, 0.1) is 11.6 Å². The summed E-state index contributed by atoms with van der Waals surface area (Å²) in [6.45, 7) is 1.31. The molecule has 3 heterocycles. The number of amides is 1. The minimum Gasteiger partial charge on any atom is -0.494 e. The highest BCUT2D eigenvalue weighted by Gasteiger charge is 2.22. The molecule has 192 valence electrons. The van der Waals surface area contributed by atoms with Crippen LogP contribution in [0.4, 0.5) is 14.7 Å². The zero-order chi connectivity index (χ0) is 25.9. The molecule has 0 radical (unpaired) electrons. The van der Waals surface area contributed by atoms with Crippen LogP contribution in [0.15, 0.2) is 48.9 Å². The Bertz CT molecular complexity index is 1440. The highest BCUT2D eigenvalue weighted by molar-refractivity contribution is 5.98. The van der Waals surface area contributed by atoms with Crippen molar-refractivity contribution in [3.05, 3.63) is 77.2 Å². The van der Waals surface area contributed by atoms with E-state index in [4.69, 9.17) is 9.47 Å². The Morgan fingerprint density at radius 2 is 1.95 bits per heavy atom. The van der Waals surface area contributed by atoms with E-state index in [1.165, 1.54) is 31.5 Å². The van der Waals surface area contributed by atoms with Gasteiger partial charge >= 0.3 is 0 Å². The van der Waals surface area contributed by atoms with Gasteiger partial charge in [-0.3, -0.25) is 9.48 Å². The third kappa shape index (κ3) is 5.36. The van der Waals surface area contributed by atoms with Gasteiger partial charge in [-0.2, -0.15) is 5.10 Å². The second kappa shape index (κ2) is 10.5. The number of benzene rings is 2. The molecule has 2 aromatic carbocycles. The number of nitrogens with one attached hydrogen (secondary N) is 2. The van der Waals surface area contributed by atoms with Crippen molar-refractivity contribution in [2.45, 2.75) is 24.9 Å². The number of aromatic nitrogens is 4. The van der Waals surface area contributed by atoms with Crippen LogP contribution in [0.25, 0.3) is 10.9 Å². The fourth-order valence-electron chi connectivity index (χ4n) is 4.34. The molecule has 4 aromatic rings. The van der Waals surface area contributed by atoms with E-state index < -0.39 is 23.6 Å². The quantitative estimate of drug-likeness (QED) is 0.392. The maximum absolute atomic E-state index is 14.9. The number of aryl methyl sites for hydroxylation is 1. The third-order valence-corrected chi connectivity index (χ3v) is 6.31. The molecule has 0 spiro atoms. The summed E-state index contributed by atoms with van der Waals surface area (Å²) >= 11 is 0. The van der Waals surface area contributed by atoms with Gasteiger partial charge in [0.15, 0.2) is 11.6 Å². The van der Waals surface area contributed by atoms with Crippen LogP contribution in [0.3, 0.4) is 0 Å². The average Bonchev–Trinajstić information content (AvgIpc) is 3.33. The van der Waals surface area contributed by atoms with Gasteiger partial charge in [0.05, 0.1) is 30.3 Å². The number of nitrogens with zero attached hydrogens (tertiary/aromatic N) is 4. The van der Waals surface area contributed by atoms with Crippen LogP contribution in [0.2, 0.25) is 0 Å². The lowest BCUT2D eigenvalue weighted by atomic mass is 10.0. The van der Waals surface area contributed by atoms with E-state index >= 15 is 0 Å². The Hall–Kier alpha value is -4.12. The number of halogens is 2. The molecule has 1 amide bonds. The molecule has 11 heteroatoms. The largest absolute Gasteiger partial charge is 0.494 e. The van der Waals surface area contributed by atoms with Gasteiger partial charge in [0.1, 0.15) is 5.82 Å². The summed E-state index contributed by atoms with van der Waals surface area (Å²) < 4.78 is 41.4. The van der Waals surface area contributed by atoms with Crippen molar-refractivity contribution in [1.29, 1.82) is 0 Å². The molecule has 1 aliphatic heterocycles. The maximum Gasteiger partial charge on any atom is 0.252 e. The molecule has 0 saturated carbocycles. The maximum atomic E-state index is 14.9. The summed E-state index contributed by atoms with van der Waals surface area (Å²) in [5, 5.41) is 10.5. The van der Waals surface area contributed by atoms with Crippen LogP contribution >= 0.6 is 0 Å². The van der Waals surface area contributed by atoms with Crippen molar-refractivity contribution in [1.82, 2.24) is 25.1 Å². The van der Waals surface area contributed by atoms with Crippen LogP contribution in [-0.2, 0) is 11.8 Å². The van der Waals surface area contributed by atoms with Crippen LogP contribution in [0.5, 0.6) is 5.75 Å². The molecular formula is C26H26F2N6O3. The van der Waals surface area contributed by atoms with Gasteiger partial charge in [-0.1, -0.05) is 6.07 Å². The van der Waals surface area contributed by atoms with Gasteiger partial charge in [-0.25, -0.2) is 18.7 Å². The number of anilines is 1. The fraction of sp³-hybridized carbons (Fsp3) is 0.308. The molecule has 1 fully saturated rings. The van der Waals surface area contributed by atoms with Crippen molar-refractivity contribution in [2.75, 3.05) is 25.6 Å². The zero-order valence-corrected chi connectivity index (χ0v) is 20.4. The number of carbonyl (C=O) groups excluding carboxylic acids is 1. The molecule has 2 N–H and O–H groups in total. The number of fused-ring (bicyclic) bond motifs is 1. The first-order valence-corrected chi connectivity index (χ1v) is 11.8. The average molecular weight is 509 g/mol. The number of rotatable bonds is 7. The van der Waals surface area contributed by atoms with Crippen LogP contribution < -0.4 is 15.4 Å². The first kappa shape index (κ1) is 24.6. The number of carbonyl (C=O) groups is 1. The molecule has 1 saturated heterocycles. The summed E-state index contributed by atoms with van der Waals surface area (Å²) in [6, 6.07) is 6.51. The van der Waals surface area contributed by atoms with E-state index in [2.05, 4.69) is 25.7 Å². The number of hydrogen-bond acceptors (Lipinski definition) is 7. The van der Waals surface area contributed by atoms with E-state index in [-0.39, 0.29) is 22.7 Å². The SMILES string of the molecule is COc1ccc([C@H](NC(=O)c2cc(F)c3cnc(NC4CCOCC4)nc3c2)c2cnn(C)c2)cc1F. The van der Waals surface area contributed by atoms with E-state index in [1.54, 1.807) is 30.2 Å². The molecule has 1 atom stereocenters. The van der Waals surface area contributed by atoms with E-state index in [0.29, 0.717) is 35.8 Å². The lowest BCUT2D eigenvalue weighted by molar-refractivity contribution is 0.0903. The van der Waals surface area contributed by atoms with Crippen molar-refractivity contribution in [3.63, 3.8) is 0 Å². The number of hydrogen-bond donors (Lipinski definition) is 2. The number of methoxy groups -OCH3 is 1. The summed E-state index contributed by atoms with van der Waals surface area (Å²) in [4.78, 5) is 22.0. The summed E-state index contributed by atoms with van der Waals surface area (Å²) in [6.07, 6.45) is 6.34. The molecule has 0 bridgehead atoms. The van der Waals surface area contributed by atoms with Gasteiger partial charge < -0.3 is 20.1 Å². The van der Waals surface area contributed by atoms with E-state index in [0.717, 1.165) is 18.9 Å².